The molecule has 2 rings (SSSR count). The minimum atomic E-state index is -0.420. The molecule has 0 saturated heterocycles. The molecular weight excluding hydrogens is 290 g/mol. The molecule has 2 aromatic rings. The first-order chi connectivity index (χ1) is 9.65. The third-order valence-electron chi connectivity index (χ3n) is 3.36. The van der Waals surface area contributed by atoms with Crippen molar-refractivity contribution in [2.75, 3.05) is 20.1 Å². The molecule has 1 heterocycles. The normalized spacial score (nSPS) is 12.8. The summed E-state index contributed by atoms with van der Waals surface area (Å²) in [5, 5.41) is 13.0. The maximum Gasteiger partial charge on any atom is 0.0802 e. The lowest BCUT2D eigenvalue weighted by Gasteiger charge is -2.18. The quantitative estimate of drug-likeness (QED) is 0.835. The molecule has 1 N–H and O–H groups in total. The molecule has 4 heteroatoms. The van der Waals surface area contributed by atoms with Gasteiger partial charge in [-0.2, -0.15) is 0 Å². The van der Waals surface area contributed by atoms with Gasteiger partial charge in [0.2, 0.25) is 0 Å². The van der Waals surface area contributed by atoms with Crippen molar-refractivity contribution in [1.29, 1.82) is 0 Å². The van der Waals surface area contributed by atoms with Gasteiger partial charge >= 0.3 is 0 Å². The first kappa shape index (κ1) is 15.5. The van der Waals surface area contributed by atoms with E-state index in [2.05, 4.69) is 29.5 Å². The Hall–Kier alpha value is -0.870. The lowest BCUT2D eigenvalue weighted by atomic mass is 10.1. The van der Waals surface area contributed by atoms with Crippen LogP contribution in [0.25, 0.3) is 0 Å². The highest BCUT2D eigenvalue weighted by Gasteiger charge is 2.09. The fourth-order valence-corrected chi connectivity index (χ4v) is 2.89. The first-order valence-corrected chi connectivity index (χ1v) is 8.05. The first-order valence-electron chi connectivity index (χ1n) is 6.79. The lowest BCUT2D eigenvalue weighted by molar-refractivity contribution is 0.149. The van der Waals surface area contributed by atoms with Crippen molar-refractivity contribution in [2.24, 2.45) is 0 Å². The van der Waals surface area contributed by atoms with Crippen LogP contribution in [0, 0.1) is 0 Å². The lowest BCUT2D eigenvalue weighted by Crippen LogP contribution is -2.23. The molecule has 0 aliphatic rings. The van der Waals surface area contributed by atoms with Crippen molar-refractivity contribution in [3.63, 3.8) is 0 Å². The summed E-state index contributed by atoms with van der Waals surface area (Å²) in [6.07, 6.45) is 1.39. The zero-order valence-electron chi connectivity index (χ0n) is 11.6. The molecule has 1 aromatic heterocycles. The Labute approximate surface area is 129 Å². The highest BCUT2D eigenvalue weighted by atomic mass is 35.5. The Bertz CT molecular complexity index is 498. The van der Waals surface area contributed by atoms with Gasteiger partial charge < -0.3 is 10.0 Å². The zero-order valence-corrected chi connectivity index (χ0v) is 13.2. The van der Waals surface area contributed by atoms with Crippen molar-refractivity contribution in [1.82, 2.24) is 4.90 Å². The SMILES string of the molecule is CN(CCc1cccs1)CCC(O)c1ccc(Cl)cc1. The Morgan fingerprint density at radius 3 is 2.60 bits per heavy atom. The van der Waals surface area contributed by atoms with E-state index in [0.717, 1.165) is 31.5 Å². The standard InChI is InChI=1S/C16H20ClNOS/c1-18(10-8-15-3-2-12-20-15)11-9-16(19)13-4-6-14(17)7-5-13/h2-7,12,16,19H,8-11H2,1H3. The van der Waals surface area contributed by atoms with E-state index < -0.39 is 6.10 Å². The smallest absolute Gasteiger partial charge is 0.0802 e. The molecule has 0 saturated carbocycles. The van der Waals surface area contributed by atoms with Gasteiger partial charge in [0.1, 0.15) is 0 Å². The monoisotopic (exact) mass is 309 g/mol. The third kappa shape index (κ3) is 4.91. The number of likely N-dealkylation sites (N-methyl/N-ethyl adjacent to an activating group) is 1. The van der Waals surface area contributed by atoms with Crippen LogP contribution < -0.4 is 0 Å². The zero-order chi connectivity index (χ0) is 14.4. The van der Waals surface area contributed by atoms with E-state index in [-0.39, 0.29) is 0 Å². The predicted molar refractivity (Wildman–Crippen MR) is 86.5 cm³/mol. The number of hydrogen-bond acceptors (Lipinski definition) is 3. The van der Waals surface area contributed by atoms with Crippen molar-refractivity contribution in [3.05, 3.63) is 57.2 Å². The summed E-state index contributed by atoms with van der Waals surface area (Å²) in [5.74, 6) is 0. The molecule has 0 aliphatic carbocycles. The molecule has 2 nitrogen and oxygen atoms in total. The Morgan fingerprint density at radius 1 is 1.20 bits per heavy atom. The molecule has 1 unspecified atom stereocenters. The van der Waals surface area contributed by atoms with Gasteiger partial charge in [0.25, 0.3) is 0 Å². The van der Waals surface area contributed by atoms with Crippen LogP contribution in [0.2, 0.25) is 5.02 Å². The summed E-state index contributed by atoms with van der Waals surface area (Å²) in [7, 11) is 2.10. The topological polar surface area (TPSA) is 23.5 Å². The highest BCUT2D eigenvalue weighted by molar-refractivity contribution is 7.09. The summed E-state index contributed by atoms with van der Waals surface area (Å²) >= 11 is 7.64. The maximum atomic E-state index is 10.1. The second kappa shape index (κ2) is 7.79. The van der Waals surface area contributed by atoms with Crippen LogP contribution in [0.15, 0.2) is 41.8 Å². The maximum absolute atomic E-state index is 10.1. The van der Waals surface area contributed by atoms with Crippen LogP contribution >= 0.6 is 22.9 Å². The van der Waals surface area contributed by atoms with Gasteiger partial charge in [0.15, 0.2) is 0 Å². The Morgan fingerprint density at radius 2 is 1.95 bits per heavy atom. The molecule has 0 aliphatic heterocycles. The van der Waals surface area contributed by atoms with E-state index in [9.17, 15) is 5.11 Å². The summed E-state index contributed by atoms with van der Waals surface area (Å²) < 4.78 is 0. The summed E-state index contributed by atoms with van der Waals surface area (Å²) in [6, 6.07) is 11.7. The minimum Gasteiger partial charge on any atom is -0.388 e. The fraction of sp³-hybridized carbons (Fsp3) is 0.375. The third-order valence-corrected chi connectivity index (χ3v) is 4.55. The summed E-state index contributed by atoms with van der Waals surface area (Å²) in [4.78, 5) is 3.67. The number of halogens is 1. The van der Waals surface area contributed by atoms with Crippen molar-refractivity contribution in [2.45, 2.75) is 18.9 Å². The van der Waals surface area contributed by atoms with Crippen LogP contribution in [0.3, 0.4) is 0 Å². The number of aliphatic hydroxyl groups is 1. The Kier molecular flexibility index (Phi) is 6.05. The van der Waals surface area contributed by atoms with Crippen LogP contribution in [0.4, 0.5) is 0 Å². The van der Waals surface area contributed by atoms with Crippen LogP contribution in [0.5, 0.6) is 0 Å². The number of aliphatic hydroxyl groups excluding tert-OH is 1. The van der Waals surface area contributed by atoms with Gasteiger partial charge in [-0.15, -0.1) is 11.3 Å². The molecular formula is C16H20ClNOS. The average Bonchev–Trinajstić information content (AvgIpc) is 2.96. The van der Waals surface area contributed by atoms with Gasteiger partial charge in [-0.05, 0) is 49.0 Å². The number of rotatable bonds is 7. The average molecular weight is 310 g/mol. The van der Waals surface area contributed by atoms with Gasteiger partial charge in [-0.3, -0.25) is 0 Å². The molecule has 20 heavy (non-hydrogen) atoms. The van der Waals surface area contributed by atoms with Gasteiger partial charge in [-0.25, -0.2) is 0 Å². The Balaban J connectivity index is 1.72. The molecule has 0 radical (unpaired) electrons. The molecule has 1 atom stereocenters. The largest absolute Gasteiger partial charge is 0.388 e. The van der Waals surface area contributed by atoms with E-state index >= 15 is 0 Å². The number of hydrogen-bond donors (Lipinski definition) is 1. The summed E-state index contributed by atoms with van der Waals surface area (Å²) in [5.41, 5.74) is 0.932. The number of thiophene rings is 1. The molecule has 0 bridgehead atoms. The van der Waals surface area contributed by atoms with Gasteiger partial charge in [-0.1, -0.05) is 29.8 Å². The van der Waals surface area contributed by atoms with Gasteiger partial charge in [0.05, 0.1) is 6.10 Å². The molecule has 0 amide bonds. The number of benzene rings is 1. The number of nitrogens with zero attached hydrogens (tertiary/aromatic N) is 1. The molecule has 108 valence electrons. The molecule has 0 fully saturated rings. The van der Waals surface area contributed by atoms with Crippen LogP contribution in [-0.4, -0.2) is 30.1 Å². The van der Waals surface area contributed by atoms with E-state index in [1.165, 1.54) is 4.88 Å². The van der Waals surface area contributed by atoms with Crippen LogP contribution in [-0.2, 0) is 6.42 Å². The highest BCUT2D eigenvalue weighted by Crippen LogP contribution is 2.19. The summed E-state index contributed by atoms with van der Waals surface area (Å²) in [6.45, 7) is 1.91. The van der Waals surface area contributed by atoms with E-state index in [1.807, 2.05) is 24.3 Å². The van der Waals surface area contributed by atoms with E-state index in [0.29, 0.717) is 5.02 Å². The second-order valence-electron chi connectivity index (χ2n) is 4.99. The molecule has 0 spiro atoms. The van der Waals surface area contributed by atoms with E-state index in [4.69, 9.17) is 11.6 Å². The molecule has 1 aromatic carbocycles. The van der Waals surface area contributed by atoms with Crippen molar-refractivity contribution in [3.8, 4) is 0 Å². The van der Waals surface area contributed by atoms with E-state index in [1.54, 1.807) is 11.3 Å². The van der Waals surface area contributed by atoms with Crippen molar-refractivity contribution >= 4 is 22.9 Å². The predicted octanol–water partition coefficient (Wildman–Crippen LogP) is 4.00. The van der Waals surface area contributed by atoms with Gasteiger partial charge in [0, 0.05) is 23.0 Å². The van der Waals surface area contributed by atoms with Crippen molar-refractivity contribution < 1.29 is 5.11 Å². The minimum absolute atomic E-state index is 0.420. The van der Waals surface area contributed by atoms with Crippen LogP contribution in [0.1, 0.15) is 23.0 Å². The fourth-order valence-electron chi connectivity index (χ4n) is 2.06. The second-order valence-corrected chi connectivity index (χ2v) is 6.46.